The molecule has 192 valence electrons. The van der Waals surface area contributed by atoms with Gasteiger partial charge in [0.15, 0.2) is 11.5 Å². The number of imidazole rings is 1. The normalized spacial score (nSPS) is 13.9. The Hall–Kier alpha value is -4.99. The molecule has 1 aliphatic rings. The largest absolute Gasteiger partial charge is 0.335 e. The van der Waals surface area contributed by atoms with Gasteiger partial charge in [0.1, 0.15) is 16.9 Å². The number of hydrogen-bond donors (Lipinski definition) is 3. The van der Waals surface area contributed by atoms with Crippen molar-refractivity contribution in [2.75, 3.05) is 5.32 Å². The van der Waals surface area contributed by atoms with E-state index in [2.05, 4.69) is 30.5 Å². The zero-order valence-electron chi connectivity index (χ0n) is 20.8. The first-order valence-electron chi connectivity index (χ1n) is 12.8. The number of benzene rings is 1. The zero-order chi connectivity index (χ0) is 26.3. The third-order valence-electron chi connectivity index (χ3n) is 7.22. The van der Waals surface area contributed by atoms with E-state index in [-0.39, 0.29) is 17.6 Å². The summed E-state index contributed by atoms with van der Waals surface area (Å²) in [6, 6.07) is 12.2. The second-order valence-electron chi connectivity index (χ2n) is 9.75. The number of H-pyrrole nitrogens is 2. The number of rotatable bonds is 5. The number of nitrogens with one attached hydrogen (secondary N) is 3. The fraction of sp³-hybridized carbons (Fsp3) is 0.172. The average molecular weight is 519 g/mol. The smallest absolute Gasteiger partial charge is 0.227 e. The predicted octanol–water partition coefficient (Wildman–Crippen LogP) is 5.89. The number of aromatic amines is 2. The Labute approximate surface area is 222 Å². The highest BCUT2D eigenvalue weighted by Crippen LogP contribution is 2.32. The number of pyridine rings is 3. The van der Waals surface area contributed by atoms with E-state index in [0.717, 1.165) is 36.8 Å². The minimum absolute atomic E-state index is 0.0427. The van der Waals surface area contributed by atoms with Crippen LogP contribution in [0.5, 0.6) is 0 Å². The summed E-state index contributed by atoms with van der Waals surface area (Å²) < 4.78 is 14.6. The number of fused-ring (bicyclic) bond motifs is 2. The maximum absolute atomic E-state index is 14.6. The molecule has 6 aromatic rings. The van der Waals surface area contributed by atoms with Crippen LogP contribution in [-0.4, -0.2) is 41.0 Å². The quantitative estimate of drug-likeness (QED) is 0.261. The van der Waals surface area contributed by atoms with Crippen molar-refractivity contribution in [1.29, 1.82) is 0 Å². The van der Waals surface area contributed by atoms with Crippen LogP contribution in [0.3, 0.4) is 0 Å². The van der Waals surface area contributed by atoms with E-state index < -0.39 is 0 Å². The van der Waals surface area contributed by atoms with Crippen molar-refractivity contribution in [3.8, 4) is 33.9 Å². The van der Waals surface area contributed by atoms with Crippen molar-refractivity contribution in [1.82, 2.24) is 35.1 Å². The summed E-state index contributed by atoms with van der Waals surface area (Å²) in [6.07, 6.45) is 10.7. The third kappa shape index (κ3) is 4.19. The summed E-state index contributed by atoms with van der Waals surface area (Å²) in [5.74, 6) is 0.251. The average Bonchev–Trinajstić information content (AvgIpc) is 3.73. The molecule has 39 heavy (non-hydrogen) atoms. The standard InChI is InChI=1S/C29H23FN8O/c30-21-8-4-3-7-19(21)20-14-32-15-24-25(20)36-28(35-24)27-26-23(37-38-27)10-9-22(34-26)17-11-18(13-31-12-17)33-29(39)16-5-1-2-6-16/h3-4,7-16H,1-2,5-6H2,(H,33,39)(H,35,36)(H,37,38). The van der Waals surface area contributed by atoms with Crippen LogP contribution in [0.25, 0.3) is 56.0 Å². The number of halogens is 1. The lowest BCUT2D eigenvalue weighted by Gasteiger charge is -2.11. The Morgan fingerprint density at radius 1 is 0.897 bits per heavy atom. The highest BCUT2D eigenvalue weighted by molar-refractivity contribution is 5.96. The molecule has 0 unspecified atom stereocenters. The molecular weight excluding hydrogens is 495 g/mol. The second kappa shape index (κ2) is 9.39. The van der Waals surface area contributed by atoms with Crippen LogP contribution in [0.4, 0.5) is 10.1 Å². The van der Waals surface area contributed by atoms with Crippen molar-refractivity contribution in [2.45, 2.75) is 25.7 Å². The molecule has 0 spiro atoms. The van der Waals surface area contributed by atoms with Crippen LogP contribution in [0, 0.1) is 11.7 Å². The molecule has 5 aromatic heterocycles. The molecule has 0 radical (unpaired) electrons. The highest BCUT2D eigenvalue weighted by atomic mass is 19.1. The van der Waals surface area contributed by atoms with E-state index in [9.17, 15) is 9.18 Å². The van der Waals surface area contributed by atoms with Gasteiger partial charge in [0.2, 0.25) is 5.91 Å². The lowest BCUT2D eigenvalue weighted by atomic mass is 10.1. The maximum atomic E-state index is 14.6. The molecule has 0 saturated heterocycles. The van der Waals surface area contributed by atoms with Crippen LogP contribution in [-0.2, 0) is 4.79 Å². The molecule has 1 amide bonds. The molecular formula is C29H23FN8O. The number of carbonyl (C=O) groups is 1. The van der Waals surface area contributed by atoms with Crippen molar-refractivity contribution in [3.63, 3.8) is 0 Å². The number of anilines is 1. The number of hydrogen-bond acceptors (Lipinski definition) is 6. The van der Waals surface area contributed by atoms with Crippen molar-refractivity contribution in [3.05, 3.63) is 73.1 Å². The Balaban J connectivity index is 1.25. The summed E-state index contributed by atoms with van der Waals surface area (Å²) in [5, 5.41) is 10.5. The van der Waals surface area contributed by atoms with E-state index in [4.69, 9.17) is 9.97 Å². The monoisotopic (exact) mass is 518 g/mol. The minimum atomic E-state index is -0.344. The van der Waals surface area contributed by atoms with E-state index in [1.54, 1.807) is 43.0 Å². The maximum Gasteiger partial charge on any atom is 0.227 e. The Bertz CT molecular complexity index is 1850. The Morgan fingerprint density at radius 2 is 1.74 bits per heavy atom. The third-order valence-corrected chi connectivity index (χ3v) is 7.22. The fourth-order valence-corrected chi connectivity index (χ4v) is 5.23. The molecule has 0 bridgehead atoms. The van der Waals surface area contributed by atoms with E-state index >= 15 is 0 Å². The number of nitrogens with zero attached hydrogens (tertiary/aromatic N) is 5. The van der Waals surface area contributed by atoms with Crippen LogP contribution in [0.2, 0.25) is 0 Å². The van der Waals surface area contributed by atoms with Gasteiger partial charge in [0.05, 0.1) is 34.8 Å². The van der Waals surface area contributed by atoms with Crippen LogP contribution in [0.1, 0.15) is 25.7 Å². The Kier molecular flexibility index (Phi) is 5.58. The highest BCUT2D eigenvalue weighted by Gasteiger charge is 2.23. The van der Waals surface area contributed by atoms with Crippen molar-refractivity contribution >= 4 is 33.7 Å². The first-order chi connectivity index (χ1) is 19.1. The number of amides is 1. The summed E-state index contributed by atoms with van der Waals surface area (Å²) in [4.78, 5) is 34.1. The first-order valence-corrected chi connectivity index (χ1v) is 12.8. The van der Waals surface area contributed by atoms with Gasteiger partial charge in [0, 0.05) is 35.0 Å². The molecule has 1 fully saturated rings. The van der Waals surface area contributed by atoms with Gasteiger partial charge in [-0.15, -0.1) is 0 Å². The van der Waals surface area contributed by atoms with Gasteiger partial charge in [-0.2, -0.15) is 5.10 Å². The van der Waals surface area contributed by atoms with Crippen molar-refractivity contribution < 1.29 is 9.18 Å². The minimum Gasteiger partial charge on any atom is -0.335 e. The van der Waals surface area contributed by atoms with Gasteiger partial charge < -0.3 is 10.3 Å². The van der Waals surface area contributed by atoms with Gasteiger partial charge in [-0.05, 0) is 37.1 Å². The molecule has 10 heteroatoms. The topological polar surface area (TPSA) is 125 Å². The molecule has 1 aromatic carbocycles. The van der Waals surface area contributed by atoms with E-state index in [1.165, 1.54) is 6.07 Å². The fourth-order valence-electron chi connectivity index (χ4n) is 5.23. The van der Waals surface area contributed by atoms with Gasteiger partial charge in [-0.3, -0.25) is 19.9 Å². The zero-order valence-corrected chi connectivity index (χ0v) is 20.8. The summed E-state index contributed by atoms with van der Waals surface area (Å²) >= 11 is 0. The van der Waals surface area contributed by atoms with E-state index in [1.807, 2.05) is 18.2 Å². The van der Waals surface area contributed by atoms with E-state index in [0.29, 0.717) is 50.6 Å². The summed E-state index contributed by atoms with van der Waals surface area (Å²) in [5.41, 5.74) is 6.24. The van der Waals surface area contributed by atoms with Crippen molar-refractivity contribution in [2.24, 2.45) is 5.92 Å². The predicted molar refractivity (Wildman–Crippen MR) is 146 cm³/mol. The molecule has 0 aliphatic heterocycles. The molecule has 1 aliphatic carbocycles. The Morgan fingerprint density at radius 3 is 2.62 bits per heavy atom. The SMILES string of the molecule is O=C(Nc1cncc(-c2ccc3[nH]nc(-c4nc5c(-c6ccccc6F)cncc5[nH]4)c3n2)c1)C1CCCC1. The van der Waals surface area contributed by atoms with Crippen LogP contribution in [0.15, 0.2) is 67.3 Å². The van der Waals surface area contributed by atoms with Gasteiger partial charge in [-0.25, -0.2) is 14.4 Å². The molecule has 0 atom stereocenters. The lowest BCUT2D eigenvalue weighted by Crippen LogP contribution is -2.20. The molecule has 7 rings (SSSR count). The number of carbonyl (C=O) groups excluding carboxylic acids is 1. The van der Waals surface area contributed by atoms with Crippen LogP contribution >= 0.6 is 0 Å². The molecule has 5 heterocycles. The molecule has 1 saturated carbocycles. The van der Waals surface area contributed by atoms with Gasteiger partial charge in [-0.1, -0.05) is 31.0 Å². The van der Waals surface area contributed by atoms with Crippen LogP contribution < -0.4 is 5.32 Å². The van der Waals surface area contributed by atoms with Gasteiger partial charge >= 0.3 is 0 Å². The second-order valence-corrected chi connectivity index (χ2v) is 9.75. The number of aromatic nitrogens is 7. The summed E-state index contributed by atoms with van der Waals surface area (Å²) in [7, 11) is 0. The molecule has 9 nitrogen and oxygen atoms in total. The van der Waals surface area contributed by atoms with Gasteiger partial charge in [0.25, 0.3) is 0 Å². The summed E-state index contributed by atoms with van der Waals surface area (Å²) in [6.45, 7) is 0. The first kappa shape index (κ1) is 23.2. The molecule has 3 N–H and O–H groups in total. The lowest BCUT2D eigenvalue weighted by molar-refractivity contribution is -0.119.